The van der Waals surface area contributed by atoms with Gasteiger partial charge in [-0.3, -0.25) is 4.79 Å². The Labute approximate surface area is 144 Å². The molecule has 0 aliphatic rings. The van der Waals surface area contributed by atoms with E-state index >= 15 is 0 Å². The first-order valence-corrected chi connectivity index (χ1v) is 8.15. The molecule has 2 aromatic carbocycles. The van der Waals surface area contributed by atoms with Crippen LogP contribution in [-0.2, 0) is 11.2 Å². The van der Waals surface area contributed by atoms with Crippen molar-refractivity contribution in [2.75, 3.05) is 14.2 Å². The third-order valence-electron chi connectivity index (χ3n) is 3.26. The zero-order valence-electron chi connectivity index (χ0n) is 12.8. The van der Waals surface area contributed by atoms with Crippen LogP contribution in [0.25, 0.3) is 0 Å². The Bertz CT molecular complexity index is 673. The fraction of sp³-hybridized carbons (Fsp3) is 0.235. The Morgan fingerprint density at radius 1 is 1.17 bits per heavy atom. The number of carboxylic acid groups (broad SMARTS) is 1. The number of aliphatic carboxylic acids is 1. The van der Waals surface area contributed by atoms with Gasteiger partial charge < -0.3 is 14.6 Å². The summed E-state index contributed by atoms with van der Waals surface area (Å²) < 4.78 is 10.5. The van der Waals surface area contributed by atoms with Crippen LogP contribution in [0.3, 0.4) is 0 Å². The molecule has 0 aromatic heterocycles. The van der Waals surface area contributed by atoms with Crippen LogP contribution in [0.15, 0.2) is 47.4 Å². The molecule has 6 heteroatoms. The summed E-state index contributed by atoms with van der Waals surface area (Å²) in [5.41, 5.74) is 0.792. The van der Waals surface area contributed by atoms with Crippen molar-refractivity contribution in [3.63, 3.8) is 0 Å². The fourth-order valence-corrected chi connectivity index (χ4v) is 3.21. The Morgan fingerprint density at radius 2 is 1.87 bits per heavy atom. The largest absolute Gasteiger partial charge is 0.497 e. The highest BCUT2D eigenvalue weighted by Crippen LogP contribution is 2.31. The number of thioether (sulfide) groups is 1. The molecular weight excluding hydrogens is 336 g/mol. The molecule has 0 aliphatic heterocycles. The van der Waals surface area contributed by atoms with Crippen LogP contribution >= 0.6 is 23.4 Å². The van der Waals surface area contributed by atoms with Crippen molar-refractivity contribution in [1.82, 2.24) is 0 Å². The van der Waals surface area contributed by atoms with E-state index in [2.05, 4.69) is 0 Å². The zero-order chi connectivity index (χ0) is 16.8. The van der Waals surface area contributed by atoms with E-state index in [-0.39, 0.29) is 0 Å². The number of carboxylic acids is 1. The maximum atomic E-state index is 11.6. The molecule has 0 radical (unpaired) electrons. The molecule has 2 aromatic rings. The van der Waals surface area contributed by atoms with E-state index in [4.69, 9.17) is 21.1 Å². The minimum Gasteiger partial charge on any atom is -0.497 e. The molecule has 0 saturated heterocycles. The minimum absolute atomic E-state index is 0.322. The highest BCUT2D eigenvalue weighted by atomic mass is 35.5. The molecule has 23 heavy (non-hydrogen) atoms. The first-order chi connectivity index (χ1) is 11.0. The summed E-state index contributed by atoms with van der Waals surface area (Å²) in [5, 5.41) is 9.50. The molecule has 122 valence electrons. The summed E-state index contributed by atoms with van der Waals surface area (Å²) in [7, 11) is 3.14. The van der Waals surface area contributed by atoms with Gasteiger partial charge in [-0.25, -0.2) is 0 Å². The number of carbonyl (C=O) groups is 1. The number of hydrogen-bond donors (Lipinski definition) is 1. The van der Waals surface area contributed by atoms with Crippen molar-refractivity contribution < 1.29 is 19.4 Å². The van der Waals surface area contributed by atoms with Crippen LogP contribution < -0.4 is 9.47 Å². The van der Waals surface area contributed by atoms with E-state index in [1.165, 1.54) is 11.8 Å². The molecule has 1 atom stereocenters. The lowest BCUT2D eigenvalue weighted by atomic mass is 10.1. The molecule has 0 heterocycles. The smallest absolute Gasteiger partial charge is 0.317 e. The Hall–Kier alpha value is -1.85. The van der Waals surface area contributed by atoms with Crippen LogP contribution in [0.2, 0.25) is 5.02 Å². The lowest BCUT2D eigenvalue weighted by Crippen LogP contribution is -2.19. The molecule has 2 rings (SSSR count). The van der Waals surface area contributed by atoms with Gasteiger partial charge in [-0.15, -0.1) is 11.8 Å². The average molecular weight is 353 g/mol. The van der Waals surface area contributed by atoms with Crippen LogP contribution in [0.4, 0.5) is 0 Å². The molecule has 0 fully saturated rings. The van der Waals surface area contributed by atoms with Crippen molar-refractivity contribution in [2.45, 2.75) is 16.6 Å². The van der Waals surface area contributed by atoms with Gasteiger partial charge in [-0.1, -0.05) is 11.6 Å². The van der Waals surface area contributed by atoms with E-state index in [0.717, 1.165) is 10.5 Å². The quantitative estimate of drug-likeness (QED) is 0.759. The predicted octanol–water partition coefficient (Wildman–Crippen LogP) is 4.15. The molecule has 1 N–H and O–H groups in total. The van der Waals surface area contributed by atoms with Gasteiger partial charge in [-0.2, -0.15) is 0 Å². The van der Waals surface area contributed by atoms with Gasteiger partial charge in [0.25, 0.3) is 0 Å². The molecule has 0 saturated carbocycles. The van der Waals surface area contributed by atoms with Gasteiger partial charge in [0.05, 0.1) is 14.2 Å². The van der Waals surface area contributed by atoms with Crippen molar-refractivity contribution in [3.05, 3.63) is 53.1 Å². The van der Waals surface area contributed by atoms with Crippen LogP contribution in [0.5, 0.6) is 11.5 Å². The number of hydrogen-bond acceptors (Lipinski definition) is 4. The fourth-order valence-electron chi connectivity index (χ4n) is 2.10. The lowest BCUT2D eigenvalue weighted by Gasteiger charge is -2.15. The lowest BCUT2D eigenvalue weighted by molar-refractivity contribution is -0.136. The molecule has 0 bridgehead atoms. The first kappa shape index (κ1) is 17.5. The van der Waals surface area contributed by atoms with Gasteiger partial charge in [-0.05, 0) is 54.4 Å². The summed E-state index contributed by atoms with van der Waals surface area (Å²) in [5.74, 6) is 0.435. The summed E-state index contributed by atoms with van der Waals surface area (Å²) >= 11 is 7.14. The van der Waals surface area contributed by atoms with E-state index in [0.29, 0.717) is 22.9 Å². The number of halogens is 1. The highest BCUT2D eigenvalue weighted by molar-refractivity contribution is 8.00. The van der Waals surface area contributed by atoms with Crippen molar-refractivity contribution in [2.24, 2.45) is 0 Å². The second-order valence-electron chi connectivity index (χ2n) is 4.78. The number of benzene rings is 2. The summed E-state index contributed by atoms with van der Waals surface area (Å²) in [4.78, 5) is 12.5. The SMILES string of the molecule is COc1ccc(OC)c(C[C@@H](Sc2ccc(Cl)cc2)C(=O)O)c1. The normalized spacial score (nSPS) is 11.8. The third-order valence-corrected chi connectivity index (χ3v) is 4.71. The minimum atomic E-state index is -0.880. The third kappa shape index (κ3) is 4.81. The van der Waals surface area contributed by atoms with Gasteiger partial charge >= 0.3 is 5.97 Å². The Morgan fingerprint density at radius 3 is 2.43 bits per heavy atom. The van der Waals surface area contributed by atoms with Crippen molar-refractivity contribution in [3.8, 4) is 11.5 Å². The van der Waals surface area contributed by atoms with E-state index in [9.17, 15) is 9.90 Å². The first-order valence-electron chi connectivity index (χ1n) is 6.89. The molecule has 0 spiro atoms. The number of ether oxygens (including phenoxy) is 2. The summed E-state index contributed by atoms with van der Waals surface area (Å²) in [6.45, 7) is 0. The highest BCUT2D eigenvalue weighted by Gasteiger charge is 2.21. The van der Waals surface area contributed by atoms with E-state index in [1.807, 2.05) is 12.1 Å². The van der Waals surface area contributed by atoms with Crippen molar-refractivity contribution >= 4 is 29.3 Å². The monoisotopic (exact) mass is 352 g/mol. The maximum Gasteiger partial charge on any atom is 0.317 e. The van der Waals surface area contributed by atoms with Crippen LogP contribution in [0, 0.1) is 0 Å². The molecule has 0 unspecified atom stereocenters. The molecule has 0 amide bonds. The number of rotatable bonds is 7. The topological polar surface area (TPSA) is 55.8 Å². The Balaban J connectivity index is 2.22. The summed E-state index contributed by atoms with van der Waals surface area (Å²) in [6, 6.07) is 12.5. The number of methoxy groups -OCH3 is 2. The average Bonchev–Trinajstić information content (AvgIpc) is 2.56. The van der Waals surface area contributed by atoms with E-state index in [1.54, 1.807) is 44.6 Å². The van der Waals surface area contributed by atoms with Gasteiger partial charge in [0.2, 0.25) is 0 Å². The zero-order valence-corrected chi connectivity index (χ0v) is 14.4. The molecular formula is C17H17ClO4S. The Kier molecular flexibility index (Phi) is 6.19. The maximum absolute atomic E-state index is 11.6. The van der Waals surface area contributed by atoms with Crippen LogP contribution in [0.1, 0.15) is 5.56 Å². The van der Waals surface area contributed by atoms with Crippen LogP contribution in [-0.4, -0.2) is 30.5 Å². The molecule has 4 nitrogen and oxygen atoms in total. The van der Waals surface area contributed by atoms with Gasteiger partial charge in [0, 0.05) is 9.92 Å². The van der Waals surface area contributed by atoms with Gasteiger partial charge in [0.1, 0.15) is 16.7 Å². The standard InChI is InChI=1S/C17H17ClO4S/c1-21-13-5-8-15(22-2)11(9-13)10-16(17(19)20)23-14-6-3-12(18)4-7-14/h3-9,16H,10H2,1-2H3,(H,19,20)/t16-/m1/s1. The van der Waals surface area contributed by atoms with Crippen molar-refractivity contribution in [1.29, 1.82) is 0 Å². The van der Waals surface area contributed by atoms with E-state index < -0.39 is 11.2 Å². The second kappa shape index (κ2) is 8.13. The second-order valence-corrected chi connectivity index (χ2v) is 6.49. The predicted molar refractivity (Wildman–Crippen MR) is 92.0 cm³/mol. The van der Waals surface area contributed by atoms with Gasteiger partial charge in [0.15, 0.2) is 0 Å². The molecule has 0 aliphatic carbocycles. The summed E-state index contributed by atoms with van der Waals surface area (Å²) in [6.07, 6.45) is 0.322.